The fraction of sp³-hybridized carbons (Fsp3) is 0.0952. The van der Waals surface area contributed by atoms with Crippen LogP contribution in [0.25, 0.3) is 22.4 Å². The molecular weight excluding hydrogens is 430 g/mol. The third kappa shape index (κ3) is 3.58. The van der Waals surface area contributed by atoms with Crippen molar-refractivity contribution in [2.24, 2.45) is 0 Å². The van der Waals surface area contributed by atoms with E-state index in [4.69, 9.17) is 4.74 Å². The van der Waals surface area contributed by atoms with Crippen molar-refractivity contribution in [3.8, 4) is 17.1 Å². The Morgan fingerprint density at radius 3 is 2.56 bits per heavy atom. The van der Waals surface area contributed by atoms with Gasteiger partial charge >= 0.3 is 0 Å². The van der Waals surface area contributed by atoms with Crippen LogP contribution in [0.2, 0.25) is 0 Å². The predicted molar refractivity (Wildman–Crippen MR) is 120 cm³/mol. The van der Waals surface area contributed by atoms with E-state index in [0.29, 0.717) is 33.7 Å². The van der Waals surface area contributed by atoms with Crippen LogP contribution in [0.1, 0.15) is 5.69 Å². The second kappa shape index (κ2) is 8.19. The Morgan fingerprint density at radius 2 is 1.81 bits per heavy atom. The van der Waals surface area contributed by atoms with E-state index in [1.54, 1.807) is 36.1 Å². The Bertz CT molecular complexity index is 1500. The van der Waals surface area contributed by atoms with Crippen molar-refractivity contribution in [3.63, 3.8) is 0 Å². The Kier molecular flexibility index (Phi) is 5.07. The largest absolute Gasteiger partial charge is 0.497 e. The summed E-state index contributed by atoms with van der Waals surface area (Å²) in [4.78, 5) is 28.6. The topological polar surface area (TPSA) is 123 Å². The molecular formula is C21H17N7O3S. The van der Waals surface area contributed by atoms with E-state index in [2.05, 4.69) is 25.6 Å². The quantitative estimate of drug-likeness (QED) is 0.383. The lowest BCUT2D eigenvalue weighted by molar-refractivity contribution is 0.414. The fourth-order valence-electron chi connectivity index (χ4n) is 3.32. The third-order valence-corrected chi connectivity index (χ3v) is 5.83. The summed E-state index contributed by atoms with van der Waals surface area (Å²) in [6.45, 7) is 0. The molecule has 5 rings (SSSR count). The van der Waals surface area contributed by atoms with E-state index < -0.39 is 5.56 Å². The summed E-state index contributed by atoms with van der Waals surface area (Å²) in [5.41, 5.74) is 1.65. The second-order valence-electron chi connectivity index (χ2n) is 6.86. The van der Waals surface area contributed by atoms with Gasteiger partial charge < -0.3 is 9.72 Å². The van der Waals surface area contributed by atoms with E-state index >= 15 is 0 Å². The maximum absolute atomic E-state index is 12.8. The van der Waals surface area contributed by atoms with Gasteiger partial charge in [-0.1, -0.05) is 30.0 Å². The minimum absolute atomic E-state index is 0.0729. The number of nitrogens with zero attached hydrogens (tertiary/aromatic N) is 5. The Hall–Kier alpha value is -4.12. The number of para-hydroxylation sites is 1. The number of pyridine rings is 1. The van der Waals surface area contributed by atoms with Crippen LogP contribution in [0.3, 0.4) is 0 Å². The van der Waals surface area contributed by atoms with E-state index in [9.17, 15) is 9.59 Å². The van der Waals surface area contributed by atoms with Gasteiger partial charge in [0, 0.05) is 17.5 Å². The number of aromatic amines is 2. The average Bonchev–Trinajstić information content (AvgIpc) is 3.43. The summed E-state index contributed by atoms with van der Waals surface area (Å²) >= 11 is 1.37. The van der Waals surface area contributed by atoms with Gasteiger partial charge in [0.25, 0.3) is 5.56 Å². The van der Waals surface area contributed by atoms with Crippen LogP contribution >= 0.6 is 11.8 Å². The Balaban J connectivity index is 1.45. The van der Waals surface area contributed by atoms with Crippen molar-refractivity contribution >= 4 is 22.8 Å². The molecule has 2 N–H and O–H groups in total. The Labute approximate surface area is 184 Å². The first kappa shape index (κ1) is 19.8. The summed E-state index contributed by atoms with van der Waals surface area (Å²) in [5.74, 6) is 1.08. The lowest BCUT2D eigenvalue weighted by atomic mass is 10.3. The highest BCUT2D eigenvalue weighted by molar-refractivity contribution is 7.98. The first-order chi connectivity index (χ1) is 15.6. The van der Waals surface area contributed by atoms with Crippen molar-refractivity contribution in [3.05, 3.63) is 86.9 Å². The van der Waals surface area contributed by atoms with Crippen LogP contribution in [0.5, 0.6) is 5.75 Å². The molecule has 0 aliphatic carbocycles. The number of methoxy groups -OCH3 is 1. The average molecular weight is 447 g/mol. The maximum Gasteiger partial charge on any atom is 0.284 e. The van der Waals surface area contributed by atoms with Gasteiger partial charge in [-0.25, -0.2) is 4.68 Å². The lowest BCUT2D eigenvalue weighted by Gasteiger charge is -2.04. The molecule has 0 aliphatic rings. The van der Waals surface area contributed by atoms with Crippen LogP contribution in [0.15, 0.2) is 75.4 Å². The van der Waals surface area contributed by atoms with E-state index in [-0.39, 0.29) is 10.8 Å². The van der Waals surface area contributed by atoms with Gasteiger partial charge in [-0.3, -0.25) is 14.7 Å². The monoisotopic (exact) mass is 447 g/mol. The third-order valence-electron chi connectivity index (χ3n) is 4.86. The number of rotatable bonds is 6. The summed E-state index contributed by atoms with van der Waals surface area (Å²) in [5, 5.41) is 15.5. The molecule has 3 aromatic heterocycles. The molecule has 0 unspecified atom stereocenters. The molecule has 160 valence electrons. The molecule has 0 bridgehead atoms. The molecule has 0 spiro atoms. The molecule has 10 nitrogen and oxygen atoms in total. The van der Waals surface area contributed by atoms with Crippen LogP contribution in [-0.4, -0.2) is 42.1 Å². The number of H-pyrrole nitrogens is 2. The maximum atomic E-state index is 12.8. The van der Waals surface area contributed by atoms with E-state index in [0.717, 1.165) is 5.69 Å². The van der Waals surface area contributed by atoms with Crippen LogP contribution < -0.4 is 15.7 Å². The Morgan fingerprint density at radius 1 is 1.03 bits per heavy atom. The number of nitrogens with one attached hydrogen (secondary N) is 2. The van der Waals surface area contributed by atoms with E-state index in [1.807, 2.05) is 30.3 Å². The fourth-order valence-corrected chi connectivity index (χ4v) is 4.12. The number of aromatic nitrogens is 7. The summed E-state index contributed by atoms with van der Waals surface area (Å²) in [7, 11) is 1.57. The van der Waals surface area contributed by atoms with Gasteiger partial charge in [-0.05, 0) is 46.8 Å². The lowest BCUT2D eigenvalue weighted by Crippen LogP contribution is -2.18. The molecule has 0 amide bonds. The SMILES string of the molecule is COc1ccc(-n2[nH]c3[nH]c(CSc4nnnn4-c4ccccc4)cc(=O)c3c2=O)cc1. The van der Waals surface area contributed by atoms with Crippen LogP contribution in [0, 0.1) is 0 Å². The van der Waals surface area contributed by atoms with Gasteiger partial charge in [-0.15, -0.1) is 5.10 Å². The highest BCUT2D eigenvalue weighted by atomic mass is 32.2. The molecule has 3 heterocycles. The zero-order valence-corrected chi connectivity index (χ0v) is 17.7. The van der Waals surface area contributed by atoms with Crippen molar-refractivity contribution in [2.45, 2.75) is 10.9 Å². The van der Waals surface area contributed by atoms with Crippen molar-refractivity contribution in [1.29, 1.82) is 0 Å². The molecule has 5 aromatic rings. The first-order valence-corrected chi connectivity index (χ1v) is 10.6. The van der Waals surface area contributed by atoms with Crippen LogP contribution in [-0.2, 0) is 5.75 Å². The molecule has 0 saturated heterocycles. The minimum atomic E-state index is -0.418. The van der Waals surface area contributed by atoms with Gasteiger partial charge in [0.2, 0.25) is 5.16 Å². The number of tetrazole rings is 1. The highest BCUT2D eigenvalue weighted by Gasteiger charge is 2.15. The number of hydrogen-bond acceptors (Lipinski definition) is 7. The molecule has 32 heavy (non-hydrogen) atoms. The zero-order valence-electron chi connectivity index (χ0n) is 16.8. The van der Waals surface area contributed by atoms with Crippen molar-refractivity contribution in [1.82, 2.24) is 35.0 Å². The number of thioether (sulfide) groups is 1. The molecule has 0 radical (unpaired) electrons. The smallest absolute Gasteiger partial charge is 0.284 e. The summed E-state index contributed by atoms with van der Waals surface area (Å²) < 4.78 is 8.11. The number of fused-ring (bicyclic) bond motifs is 1. The molecule has 0 fully saturated rings. The number of hydrogen-bond donors (Lipinski definition) is 2. The minimum Gasteiger partial charge on any atom is -0.497 e. The second-order valence-corrected chi connectivity index (χ2v) is 7.80. The number of ether oxygens (including phenoxy) is 1. The summed E-state index contributed by atoms with van der Waals surface area (Å²) in [6, 6.07) is 17.9. The number of benzene rings is 2. The normalized spacial score (nSPS) is 11.2. The van der Waals surface area contributed by atoms with Crippen molar-refractivity contribution < 1.29 is 4.74 Å². The van der Waals surface area contributed by atoms with Gasteiger partial charge in [-0.2, -0.15) is 4.68 Å². The van der Waals surface area contributed by atoms with Gasteiger partial charge in [0.05, 0.1) is 18.5 Å². The molecule has 0 atom stereocenters. The zero-order chi connectivity index (χ0) is 22.1. The predicted octanol–water partition coefficient (Wildman–Crippen LogP) is 2.28. The molecule has 2 aromatic carbocycles. The molecule has 0 aliphatic heterocycles. The first-order valence-electron chi connectivity index (χ1n) is 9.62. The standard InChI is InChI=1S/C21H17N7O3S/c1-31-16-9-7-15(8-10-16)27-20(30)18-17(29)11-13(22-19(18)24-27)12-32-21-23-25-26-28(21)14-5-3-2-4-6-14/h2-11H,12H2,1H3,(H2,22,24,29). The van der Waals surface area contributed by atoms with E-state index in [1.165, 1.54) is 22.5 Å². The molecule has 0 saturated carbocycles. The van der Waals surface area contributed by atoms with Crippen LogP contribution in [0.4, 0.5) is 0 Å². The van der Waals surface area contributed by atoms with Gasteiger partial charge in [0.15, 0.2) is 5.43 Å². The summed E-state index contributed by atoms with van der Waals surface area (Å²) in [6.07, 6.45) is 0. The van der Waals surface area contributed by atoms with Crippen molar-refractivity contribution in [2.75, 3.05) is 7.11 Å². The highest BCUT2D eigenvalue weighted by Crippen LogP contribution is 2.22. The van der Waals surface area contributed by atoms with Gasteiger partial charge in [0.1, 0.15) is 16.8 Å². The molecule has 11 heteroatoms.